The average Bonchev–Trinajstić information content (AvgIpc) is 3.99. The number of furan rings is 2. The van der Waals surface area contributed by atoms with E-state index in [4.69, 9.17) is 8.83 Å². The van der Waals surface area contributed by atoms with Crippen LogP contribution in [-0.4, -0.2) is 9.13 Å². The van der Waals surface area contributed by atoms with Gasteiger partial charge in [0.2, 0.25) is 0 Å². The SMILES string of the molecule is Cc1c(-n2c3ccccc3c3ccc4c5ccccc5oc4c32)ccc(-c2cccc(C#N)c2)c1-n1c2ccccc2c2ccc3c4ccccc4oc3c21. The molecule has 0 amide bonds. The van der Waals surface area contributed by atoms with E-state index in [0.717, 1.165) is 116 Å². The fourth-order valence-corrected chi connectivity index (χ4v) is 9.15. The molecular formula is C50H29N3O2. The van der Waals surface area contributed by atoms with E-state index in [1.165, 1.54) is 0 Å². The molecule has 0 N–H and O–H groups in total. The maximum Gasteiger partial charge on any atom is 0.160 e. The predicted molar refractivity (Wildman–Crippen MR) is 225 cm³/mol. The molecule has 4 aromatic heterocycles. The first-order chi connectivity index (χ1) is 27.2. The van der Waals surface area contributed by atoms with Crippen molar-refractivity contribution in [2.24, 2.45) is 0 Å². The highest BCUT2D eigenvalue weighted by Gasteiger charge is 2.26. The van der Waals surface area contributed by atoms with Gasteiger partial charge in [-0.2, -0.15) is 5.26 Å². The number of hydrogen-bond donors (Lipinski definition) is 0. The van der Waals surface area contributed by atoms with Gasteiger partial charge in [-0.3, -0.25) is 0 Å². The number of nitrogens with zero attached hydrogens (tertiary/aromatic N) is 3. The standard InChI is InChI=1S/C50H29N3O2/c1-29-41(52-42-17-6-2-13-33(42)37-21-23-39-35-15-4-8-19-44(35)54-49(39)47(37)52)26-25-32(31-12-10-11-30(27-31)28-51)46(29)53-43-18-7-3-14-34(43)38-22-24-40-36-16-5-9-20-45(36)55-50(40)48(38)53/h2-27H,1H3. The molecule has 8 aromatic carbocycles. The van der Waals surface area contributed by atoms with Gasteiger partial charge in [-0.15, -0.1) is 0 Å². The summed E-state index contributed by atoms with van der Waals surface area (Å²) in [7, 11) is 0. The zero-order chi connectivity index (χ0) is 36.4. The van der Waals surface area contributed by atoms with E-state index in [1.807, 2.05) is 42.5 Å². The lowest BCUT2D eigenvalue weighted by atomic mass is 9.97. The Morgan fingerprint density at radius 1 is 0.473 bits per heavy atom. The summed E-state index contributed by atoms with van der Waals surface area (Å²) in [6, 6.07) is 57.3. The van der Waals surface area contributed by atoms with E-state index in [2.05, 4.69) is 137 Å². The topological polar surface area (TPSA) is 59.9 Å². The second-order valence-corrected chi connectivity index (χ2v) is 14.4. The van der Waals surface area contributed by atoms with Gasteiger partial charge in [0.1, 0.15) is 11.2 Å². The van der Waals surface area contributed by atoms with Crippen molar-refractivity contribution in [3.63, 3.8) is 0 Å². The molecule has 0 unspecified atom stereocenters. The van der Waals surface area contributed by atoms with Gasteiger partial charge in [-0.1, -0.05) is 103 Å². The van der Waals surface area contributed by atoms with Gasteiger partial charge in [0.05, 0.1) is 45.1 Å². The van der Waals surface area contributed by atoms with Crippen molar-refractivity contribution in [2.75, 3.05) is 0 Å². The van der Waals surface area contributed by atoms with E-state index in [1.54, 1.807) is 0 Å². The van der Waals surface area contributed by atoms with E-state index < -0.39 is 0 Å². The van der Waals surface area contributed by atoms with E-state index >= 15 is 0 Å². The number of nitriles is 1. The Balaban J connectivity index is 1.28. The number of rotatable bonds is 3. The molecule has 55 heavy (non-hydrogen) atoms. The van der Waals surface area contributed by atoms with Crippen molar-refractivity contribution in [2.45, 2.75) is 6.92 Å². The van der Waals surface area contributed by atoms with Gasteiger partial charge < -0.3 is 18.0 Å². The Labute approximate surface area is 314 Å². The molecule has 0 aliphatic rings. The summed E-state index contributed by atoms with van der Waals surface area (Å²) in [5, 5.41) is 18.9. The highest BCUT2D eigenvalue weighted by Crippen LogP contribution is 2.46. The van der Waals surface area contributed by atoms with Crippen LogP contribution >= 0.6 is 0 Å². The summed E-state index contributed by atoms with van der Waals surface area (Å²) in [5.41, 5.74) is 13.4. The number of benzene rings is 8. The summed E-state index contributed by atoms with van der Waals surface area (Å²) in [6.45, 7) is 2.22. The first-order valence-corrected chi connectivity index (χ1v) is 18.5. The molecule has 0 aliphatic carbocycles. The Morgan fingerprint density at radius 3 is 1.62 bits per heavy atom. The van der Waals surface area contributed by atoms with Crippen molar-refractivity contribution >= 4 is 87.5 Å². The van der Waals surface area contributed by atoms with Crippen LogP contribution in [0.1, 0.15) is 11.1 Å². The van der Waals surface area contributed by atoms with Crippen LogP contribution in [0.4, 0.5) is 0 Å². The lowest BCUT2D eigenvalue weighted by Gasteiger charge is -2.21. The molecular weight excluding hydrogens is 675 g/mol. The van der Waals surface area contributed by atoms with Crippen LogP contribution in [0, 0.1) is 18.3 Å². The lowest BCUT2D eigenvalue weighted by Crippen LogP contribution is -2.06. The van der Waals surface area contributed by atoms with Crippen molar-refractivity contribution < 1.29 is 8.83 Å². The first kappa shape index (κ1) is 30.0. The van der Waals surface area contributed by atoms with E-state index in [0.29, 0.717) is 5.56 Å². The fraction of sp³-hybridized carbons (Fsp3) is 0.0200. The van der Waals surface area contributed by atoms with Crippen LogP contribution in [0.2, 0.25) is 0 Å². The quantitative estimate of drug-likeness (QED) is 0.184. The molecule has 12 aromatic rings. The second-order valence-electron chi connectivity index (χ2n) is 14.4. The van der Waals surface area contributed by atoms with Crippen molar-refractivity contribution in [3.8, 4) is 28.6 Å². The molecule has 0 fully saturated rings. The molecule has 12 rings (SSSR count). The third-order valence-corrected chi connectivity index (χ3v) is 11.5. The number of para-hydroxylation sites is 4. The molecule has 0 aliphatic heterocycles. The Bertz CT molecular complexity index is 3640. The summed E-state index contributed by atoms with van der Waals surface area (Å²) in [4.78, 5) is 0. The van der Waals surface area contributed by atoms with Gasteiger partial charge in [0.15, 0.2) is 11.2 Å². The molecule has 5 nitrogen and oxygen atoms in total. The number of aromatic nitrogens is 2. The van der Waals surface area contributed by atoms with Crippen molar-refractivity contribution in [3.05, 3.63) is 169 Å². The zero-order valence-corrected chi connectivity index (χ0v) is 29.7. The van der Waals surface area contributed by atoms with Crippen molar-refractivity contribution in [1.29, 1.82) is 5.26 Å². The van der Waals surface area contributed by atoms with Gasteiger partial charge in [0.25, 0.3) is 0 Å². The van der Waals surface area contributed by atoms with Gasteiger partial charge >= 0.3 is 0 Å². The van der Waals surface area contributed by atoms with E-state index in [9.17, 15) is 5.26 Å². The Hall–Kier alpha value is -7.55. The van der Waals surface area contributed by atoms with Gasteiger partial charge in [0, 0.05) is 48.7 Å². The molecule has 256 valence electrons. The molecule has 0 saturated heterocycles. The third kappa shape index (κ3) is 4.00. The maximum atomic E-state index is 10.0. The smallest absolute Gasteiger partial charge is 0.160 e. The minimum Gasteiger partial charge on any atom is -0.454 e. The largest absolute Gasteiger partial charge is 0.454 e. The Kier molecular flexibility index (Phi) is 5.99. The highest BCUT2D eigenvalue weighted by atomic mass is 16.3. The van der Waals surface area contributed by atoms with Crippen LogP contribution in [0.25, 0.3) is 110 Å². The monoisotopic (exact) mass is 703 g/mol. The maximum absolute atomic E-state index is 10.0. The third-order valence-electron chi connectivity index (χ3n) is 11.5. The van der Waals surface area contributed by atoms with Crippen LogP contribution in [-0.2, 0) is 0 Å². The lowest BCUT2D eigenvalue weighted by molar-refractivity contribution is 0.671. The van der Waals surface area contributed by atoms with E-state index in [-0.39, 0.29) is 0 Å². The summed E-state index contributed by atoms with van der Waals surface area (Å²) >= 11 is 0. The van der Waals surface area contributed by atoms with Gasteiger partial charge in [-0.25, -0.2) is 0 Å². The second kappa shape index (κ2) is 11.0. The van der Waals surface area contributed by atoms with Crippen LogP contribution < -0.4 is 0 Å². The van der Waals surface area contributed by atoms with Crippen LogP contribution in [0.5, 0.6) is 0 Å². The average molecular weight is 704 g/mol. The fourth-order valence-electron chi connectivity index (χ4n) is 9.15. The van der Waals surface area contributed by atoms with Gasteiger partial charge in [-0.05, 0) is 72.6 Å². The molecule has 0 atom stereocenters. The minimum absolute atomic E-state index is 0.613. The van der Waals surface area contributed by atoms with Crippen LogP contribution in [0.15, 0.2) is 167 Å². The molecule has 0 bridgehead atoms. The summed E-state index contributed by atoms with van der Waals surface area (Å²) in [5.74, 6) is 0. The van der Waals surface area contributed by atoms with Crippen LogP contribution in [0.3, 0.4) is 0 Å². The normalized spacial score (nSPS) is 12.1. The predicted octanol–water partition coefficient (Wildman–Crippen LogP) is 13.5. The minimum atomic E-state index is 0.613. The molecule has 5 heteroatoms. The highest BCUT2D eigenvalue weighted by molar-refractivity contribution is 6.23. The molecule has 0 spiro atoms. The molecule has 0 saturated carbocycles. The zero-order valence-electron chi connectivity index (χ0n) is 29.7. The Morgan fingerprint density at radius 2 is 1.00 bits per heavy atom. The summed E-state index contributed by atoms with van der Waals surface area (Å²) < 4.78 is 18.3. The number of hydrogen-bond acceptors (Lipinski definition) is 3. The number of fused-ring (bicyclic) bond motifs is 14. The molecule has 0 radical (unpaired) electrons. The van der Waals surface area contributed by atoms with Crippen molar-refractivity contribution in [1.82, 2.24) is 9.13 Å². The first-order valence-electron chi connectivity index (χ1n) is 18.5. The summed E-state index contributed by atoms with van der Waals surface area (Å²) in [6.07, 6.45) is 0. The molecule has 4 heterocycles.